The smallest absolute Gasteiger partial charge is 0.416 e. The van der Waals surface area contributed by atoms with Gasteiger partial charge in [0.05, 0.1) is 24.8 Å². The van der Waals surface area contributed by atoms with Crippen molar-refractivity contribution in [2.75, 3.05) is 20.3 Å². The first-order valence-electron chi connectivity index (χ1n) is 7.13. The van der Waals surface area contributed by atoms with E-state index in [4.69, 9.17) is 9.47 Å². The molecule has 0 aliphatic heterocycles. The molecule has 0 saturated carbocycles. The van der Waals surface area contributed by atoms with E-state index in [1.54, 1.807) is 12.1 Å². The molecule has 2 aromatic rings. The quantitative estimate of drug-likeness (QED) is 0.819. The van der Waals surface area contributed by atoms with Gasteiger partial charge in [-0.2, -0.15) is 13.2 Å². The Morgan fingerprint density at radius 1 is 1.12 bits per heavy atom. The van der Waals surface area contributed by atoms with Crippen molar-refractivity contribution in [1.29, 1.82) is 0 Å². The number of benzene rings is 2. The van der Waals surface area contributed by atoms with Gasteiger partial charge in [-0.25, -0.2) is 0 Å². The lowest BCUT2D eigenvalue weighted by atomic mass is 10.1. The van der Waals surface area contributed by atoms with Gasteiger partial charge in [0.1, 0.15) is 18.1 Å². The number of nitrogens with one attached hydrogen (secondary N) is 1. The predicted octanol–water partition coefficient (Wildman–Crippen LogP) is 3.52. The summed E-state index contributed by atoms with van der Waals surface area (Å²) in [6.07, 6.45) is -4.49. The number of alkyl halides is 3. The molecule has 4 nitrogen and oxygen atoms in total. The van der Waals surface area contributed by atoms with Gasteiger partial charge < -0.3 is 14.8 Å². The molecule has 0 unspecified atom stereocenters. The SMILES string of the molecule is COc1cc(C(F)(F)F)ccc1C(=O)NCCOc1ccccc1. The molecule has 0 heterocycles. The lowest BCUT2D eigenvalue weighted by Gasteiger charge is -2.13. The number of carbonyl (C=O) groups is 1. The molecule has 0 atom stereocenters. The fraction of sp³-hybridized carbons (Fsp3) is 0.235. The minimum atomic E-state index is -4.49. The molecule has 1 N–H and O–H groups in total. The summed E-state index contributed by atoms with van der Waals surface area (Å²) < 4.78 is 48.3. The van der Waals surface area contributed by atoms with Crippen LogP contribution >= 0.6 is 0 Å². The van der Waals surface area contributed by atoms with Crippen molar-refractivity contribution in [3.05, 3.63) is 59.7 Å². The number of amides is 1. The van der Waals surface area contributed by atoms with Crippen molar-refractivity contribution in [3.8, 4) is 11.5 Å². The number of ether oxygens (including phenoxy) is 2. The van der Waals surface area contributed by atoms with E-state index in [-0.39, 0.29) is 24.5 Å². The predicted molar refractivity (Wildman–Crippen MR) is 82.3 cm³/mol. The third-order valence-corrected chi connectivity index (χ3v) is 3.17. The molecule has 0 radical (unpaired) electrons. The highest BCUT2D eigenvalue weighted by Gasteiger charge is 2.31. The second-order valence-corrected chi connectivity index (χ2v) is 4.83. The maximum atomic E-state index is 12.7. The highest BCUT2D eigenvalue weighted by Crippen LogP contribution is 2.33. The summed E-state index contributed by atoms with van der Waals surface area (Å²) >= 11 is 0. The van der Waals surface area contributed by atoms with Gasteiger partial charge in [-0.15, -0.1) is 0 Å². The van der Waals surface area contributed by atoms with Crippen LogP contribution in [0.5, 0.6) is 11.5 Å². The summed E-state index contributed by atoms with van der Waals surface area (Å²) in [6, 6.07) is 11.8. The average molecular weight is 339 g/mol. The fourth-order valence-electron chi connectivity index (χ4n) is 2.00. The zero-order valence-corrected chi connectivity index (χ0v) is 12.9. The van der Waals surface area contributed by atoms with Crippen molar-refractivity contribution in [2.45, 2.75) is 6.18 Å². The van der Waals surface area contributed by atoms with E-state index in [1.807, 2.05) is 18.2 Å². The first-order valence-corrected chi connectivity index (χ1v) is 7.13. The van der Waals surface area contributed by atoms with E-state index in [1.165, 1.54) is 7.11 Å². The molecule has 7 heteroatoms. The molecule has 2 rings (SSSR count). The third kappa shape index (κ3) is 4.65. The summed E-state index contributed by atoms with van der Waals surface area (Å²) in [6.45, 7) is 0.441. The van der Waals surface area contributed by atoms with E-state index in [9.17, 15) is 18.0 Å². The van der Waals surface area contributed by atoms with E-state index in [2.05, 4.69) is 5.32 Å². The maximum Gasteiger partial charge on any atom is 0.416 e. The molecule has 0 saturated heterocycles. The first kappa shape index (κ1) is 17.7. The van der Waals surface area contributed by atoms with E-state index in [0.29, 0.717) is 5.75 Å². The molecule has 1 amide bonds. The minimum absolute atomic E-state index is 0.0326. The van der Waals surface area contributed by atoms with Gasteiger partial charge in [-0.1, -0.05) is 18.2 Å². The van der Waals surface area contributed by atoms with Gasteiger partial charge in [-0.05, 0) is 30.3 Å². The van der Waals surface area contributed by atoms with Crippen molar-refractivity contribution < 1.29 is 27.4 Å². The zero-order valence-electron chi connectivity index (χ0n) is 12.9. The van der Waals surface area contributed by atoms with Gasteiger partial charge in [0.2, 0.25) is 0 Å². The van der Waals surface area contributed by atoms with Crippen LogP contribution in [0.3, 0.4) is 0 Å². The van der Waals surface area contributed by atoms with Gasteiger partial charge in [0.15, 0.2) is 0 Å². The summed E-state index contributed by atoms with van der Waals surface area (Å²) in [5.74, 6) is 0.00222. The van der Waals surface area contributed by atoms with E-state index < -0.39 is 17.6 Å². The number of carbonyl (C=O) groups excluding carboxylic acids is 1. The second kappa shape index (κ2) is 7.72. The number of hydrogen-bond donors (Lipinski definition) is 1. The van der Waals surface area contributed by atoms with Crippen LogP contribution in [0, 0.1) is 0 Å². The van der Waals surface area contributed by atoms with Crippen LogP contribution in [-0.2, 0) is 6.18 Å². The average Bonchev–Trinajstić information content (AvgIpc) is 2.58. The molecule has 0 fully saturated rings. The highest BCUT2D eigenvalue weighted by atomic mass is 19.4. The molecule has 0 aromatic heterocycles. The first-order chi connectivity index (χ1) is 11.4. The van der Waals surface area contributed by atoms with Crippen molar-refractivity contribution in [3.63, 3.8) is 0 Å². The summed E-state index contributed by atoms with van der Waals surface area (Å²) in [5.41, 5.74) is -0.839. The zero-order chi connectivity index (χ0) is 17.6. The molecule has 128 valence electrons. The number of para-hydroxylation sites is 1. The van der Waals surface area contributed by atoms with E-state index >= 15 is 0 Å². The Kier molecular flexibility index (Phi) is 5.68. The second-order valence-electron chi connectivity index (χ2n) is 4.83. The third-order valence-electron chi connectivity index (χ3n) is 3.17. The summed E-state index contributed by atoms with van der Waals surface area (Å²) in [7, 11) is 1.21. The van der Waals surface area contributed by atoms with Gasteiger partial charge in [-0.3, -0.25) is 4.79 Å². The van der Waals surface area contributed by atoms with Gasteiger partial charge >= 0.3 is 6.18 Å². The van der Waals surface area contributed by atoms with E-state index in [0.717, 1.165) is 18.2 Å². The summed E-state index contributed by atoms with van der Waals surface area (Å²) in [4.78, 5) is 12.1. The highest BCUT2D eigenvalue weighted by molar-refractivity contribution is 5.97. The Hall–Kier alpha value is -2.70. The lowest BCUT2D eigenvalue weighted by Crippen LogP contribution is -2.28. The Labute approximate surface area is 137 Å². The largest absolute Gasteiger partial charge is 0.496 e. The number of methoxy groups -OCH3 is 1. The molecule has 24 heavy (non-hydrogen) atoms. The standard InChI is InChI=1S/C17H16F3NO3/c1-23-15-11-12(17(18,19)20)7-8-14(15)16(22)21-9-10-24-13-5-3-2-4-6-13/h2-8,11H,9-10H2,1H3,(H,21,22). The molecular formula is C17H16F3NO3. The van der Waals surface area contributed by atoms with Crippen molar-refractivity contribution in [2.24, 2.45) is 0 Å². The van der Waals surface area contributed by atoms with Crippen LogP contribution in [0.25, 0.3) is 0 Å². The fourth-order valence-corrected chi connectivity index (χ4v) is 2.00. The summed E-state index contributed by atoms with van der Waals surface area (Å²) in [5, 5.41) is 2.58. The monoisotopic (exact) mass is 339 g/mol. The van der Waals surface area contributed by atoms with Crippen LogP contribution in [0.1, 0.15) is 15.9 Å². The topological polar surface area (TPSA) is 47.6 Å². The lowest BCUT2D eigenvalue weighted by molar-refractivity contribution is -0.137. The molecule has 0 bridgehead atoms. The molecule has 0 aliphatic carbocycles. The van der Waals surface area contributed by atoms with Gasteiger partial charge in [0, 0.05) is 0 Å². The van der Waals surface area contributed by atoms with Crippen LogP contribution in [0.15, 0.2) is 48.5 Å². The molecule has 2 aromatic carbocycles. The maximum absolute atomic E-state index is 12.7. The number of halogens is 3. The number of hydrogen-bond acceptors (Lipinski definition) is 3. The van der Waals surface area contributed by atoms with Crippen LogP contribution < -0.4 is 14.8 Å². The Balaban J connectivity index is 1.94. The Morgan fingerprint density at radius 3 is 2.46 bits per heavy atom. The van der Waals surface area contributed by atoms with Crippen molar-refractivity contribution >= 4 is 5.91 Å². The normalized spacial score (nSPS) is 11.0. The molecule has 0 spiro atoms. The minimum Gasteiger partial charge on any atom is -0.496 e. The van der Waals surface area contributed by atoms with Gasteiger partial charge in [0.25, 0.3) is 5.91 Å². The van der Waals surface area contributed by atoms with Crippen LogP contribution in [-0.4, -0.2) is 26.2 Å². The Morgan fingerprint density at radius 2 is 1.83 bits per heavy atom. The van der Waals surface area contributed by atoms with Crippen LogP contribution in [0.4, 0.5) is 13.2 Å². The number of rotatable bonds is 6. The van der Waals surface area contributed by atoms with Crippen molar-refractivity contribution in [1.82, 2.24) is 5.32 Å². The Bertz CT molecular complexity index is 687. The molecule has 0 aliphatic rings. The van der Waals surface area contributed by atoms with Crippen LogP contribution in [0.2, 0.25) is 0 Å². The molecular weight excluding hydrogens is 323 g/mol.